The Bertz CT molecular complexity index is 223. The second-order valence-electron chi connectivity index (χ2n) is 6.49. The number of ether oxygens (including phenoxy) is 1. The highest BCUT2D eigenvalue weighted by molar-refractivity contribution is 4.94. The summed E-state index contributed by atoms with van der Waals surface area (Å²) in [6, 6.07) is 0.379. The lowest BCUT2D eigenvalue weighted by Gasteiger charge is -2.28. The molecule has 0 bridgehead atoms. The molecule has 0 aromatic heterocycles. The van der Waals surface area contributed by atoms with Crippen molar-refractivity contribution in [2.75, 3.05) is 0 Å². The summed E-state index contributed by atoms with van der Waals surface area (Å²) in [4.78, 5) is 0. The van der Waals surface area contributed by atoms with Gasteiger partial charge in [0.2, 0.25) is 0 Å². The summed E-state index contributed by atoms with van der Waals surface area (Å²) in [6.45, 7) is 11.0. The van der Waals surface area contributed by atoms with E-state index in [1.54, 1.807) is 0 Å². The van der Waals surface area contributed by atoms with Crippen LogP contribution in [-0.4, -0.2) is 17.2 Å². The monoisotopic (exact) mass is 227 g/mol. The summed E-state index contributed by atoms with van der Waals surface area (Å²) >= 11 is 0. The van der Waals surface area contributed by atoms with E-state index >= 15 is 0 Å². The van der Waals surface area contributed by atoms with E-state index in [9.17, 15) is 0 Å². The second kappa shape index (κ2) is 5.05. The Hall–Kier alpha value is -0.0800. The van der Waals surface area contributed by atoms with Gasteiger partial charge in [-0.15, -0.1) is 0 Å². The molecule has 1 heterocycles. The lowest BCUT2D eigenvalue weighted by molar-refractivity contribution is -0.0753. The Morgan fingerprint density at radius 1 is 1.25 bits per heavy atom. The molecule has 2 heteroatoms. The molecule has 0 amide bonds. The molecule has 16 heavy (non-hydrogen) atoms. The molecular formula is C14H29NO. The molecular weight excluding hydrogens is 198 g/mol. The van der Waals surface area contributed by atoms with Crippen LogP contribution in [0.5, 0.6) is 0 Å². The third kappa shape index (κ3) is 3.74. The van der Waals surface area contributed by atoms with Crippen molar-refractivity contribution >= 4 is 0 Å². The molecule has 2 N–H and O–H groups in total. The van der Waals surface area contributed by atoms with Crippen LogP contribution < -0.4 is 5.73 Å². The minimum Gasteiger partial charge on any atom is -0.369 e. The Morgan fingerprint density at radius 2 is 1.88 bits per heavy atom. The van der Waals surface area contributed by atoms with Crippen LogP contribution in [0.2, 0.25) is 0 Å². The third-order valence-electron chi connectivity index (χ3n) is 3.81. The van der Waals surface area contributed by atoms with Crippen molar-refractivity contribution in [3.8, 4) is 0 Å². The Balaban J connectivity index is 2.42. The first kappa shape index (κ1) is 14.0. The first-order valence-electron chi connectivity index (χ1n) is 6.72. The maximum atomic E-state index is 6.10. The summed E-state index contributed by atoms with van der Waals surface area (Å²) in [5.74, 6) is 0.658. The maximum Gasteiger partial charge on any atom is 0.0662 e. The van der Waals surface area contributed by atoms with Gasteiger partial charge in [-0.1, -0.05) is 13.3 Å². The van der Waals surface area contributed by atoms with Gasteiger partial charge in [0.1, 0.15) is 0 Å². The van der Waals surface area contributed by atoms with Gasteiger partial charge in [0, 0.05) is 6.04 Å². The van der Waals surface area contributed by atoms with Gasteiger partial charge in [0.05, 0.1) is 11.2 Å². The van der Waals surface area contributed by atoms with E-state index in [1.165, 1.54) is 19.3 Å². The zero-order valence-electron chi connectivity index (χ0n) is 11.7. The fraction of sp³-hybridized carbons (Fsp3) is 1.00. The van der Waals surface area contributed by atoms with Crippen LogP contribution in [0.15, 0.2) is 0 Å². The molecule has 1 fully saturated rings. The molecule has 0 saturated carbocycles. The number of rotatable bonds is 5. The van der Waals surface area contributed by atoms with Crippen LogP contribution in [0.25, 0.3) is 0 Å². The van der Waals surface area contributed by atoms with Gasteiger partial charge in [-0.25, -0.2) is 0 Å². The number of nitrogens with two attached hydrogens (primary N) is 1. The van der Waals surface area contributed by atoms with Crippen LogP contribution in [-0.2, 0) is 4.74 Å². The van der Waals surface area contributed by atoms with Crippen molar-refractivity contribution in [2.45, 2.75) is 84.0 Å². The van der Waals surface area contributed by atoms with Crippen LogP contribution in [0.1, 0.15) is 66.7 Å². The largest absolute Gasteiger partial charge is 0.369 e. The normalized spacial score (nSPS) is 29.2. The molecule has 0 radical (unpaired) electrons. The quantitative estimate of drug-likeness (QED) is 0.780. The summed E-state index contributed by atoms with van der Waals surface area (Å²) in [7, 11) is 0. The first-order valence-corrected chi connectivity index (χ1v) is 6.72. The molecule has 2 unspecified atom stereocenters. The standard InChI is InChI=1S/C14H29NO/c1-6-7-12(15)9-8-11-10-13(2,3)16-14(11,4)5/h11-12H,6-10,15H2,1-5H3. The Kier molecular flexibility index (Phi) is 4.42. The molecule has 0 aromatic carbocycles. The highest BCUT2D eigenvalue weighted by atomic mass is 16.5. The van der Waals surface area contributed by atoms with E-state index in [0.717, 1.165) is 12.8 Å². The van der Waals surface area contributed by atoms with Crippen molar-refractivity contribution in [2.24, 2.45) is 11.7 Å². The number of hydrogen-bond donors (Lipinski definition) is 1. The second-order valence-corrected chi connectivity index (χ2v) is 6.49. The van der Waals surface area contributed by atoms with E-state index in [1.807, 2.05) is 0 Å². The summed E-state index contributed by atoms with van der Waals surface area (Å²) in [5.41, 5.74) is 6.15. The third-order valence-corrected chi connectivity index (χ3v) is 3.81. The minimum absolute atomic E-state index is 0.0232. The Labute approximate surface area is 101 Å². The summed E-state index contributed by atoms with van der Waals surface area (Å²) in [6.07, 6.45) is 5.85. The number of hydrogen-bond acceptors (Lipinski definition) is 2. The zero-order valence-corrected chi connectivity index (χ0v) is 11.7. The van der Waals surface area contributed by atoms with Gasteiger partial charge in [-0.2, -0.15) is 0 Å². The van der Waals surface area contributed by atoms with Crippen molar-refractivity contribution in [3.05, 3.63) is 0 Å². The van der Waals surface area contributed by atoms with E-state index in [2.05, 4.69) is 34.6 Å². The van der Waals surface area contributed by atoms with Crippen LogP contribution in [0.4, 0.5) is 0 Å². The molecule has 0 spiro atoms. The van der Waals surface area contributed by atoms with Gasteiger partial charge in [-0.05, 0) is 59.3 Å². The summed E-state index contributed by atoms with van der Waals surface area (Å²) in [5, 5.41) is 0. The molecule has 2 atom stereocenters. The molecule has 0 aliphatic carbocycles. The van der Waals surface area contributed by atoms with E-state index in [4.69, 9.17) is 10.5 Å². The smallest absolute Gasteiger partial charge is 0.0662 e. The molecule has 1 rings (SSSR count). The molecule has 96 valence electrons. The molecule has 1 aliphatic rings. The van der Waals surface area contributed by atoms with Gasteiger partial charge in [0.15, 0.2) is 0 Å². The average molecular weight is 227 g/mol. The van der Waals surface area contributed by atoms with Crippen molar-refractivity contribution in [3.63, 3.8) is 0 Å². The van der Waals surface area contributed by atoms with Crippen LogP contribution >= 0.6 is 0 Å². The average Bonchev–Trinajstić information content (AvgIpc) is 2.31. The minimum atomic E-state index is 0.0232. The van der Waals surface area contributed by atoms with Gasteiger partial charge in [0.25, 0.3) is 0 Å². The first-order chi connectivity index (χ1) is 7.27. The van der Waals surface area contributed by atoms with Crippen molar-refractivity contribution in [1.82, 2.24) is 0 Å². The highest BCUT2D eigenvalue weighted by Crippen LogP contribution is 2.44. The SMILES string of the molecule is CCCC(N)CCC1CC(C)(C)OC1(C)C. The van der Waals surface area contributed by atoms with Gasteiger partial charge in [-0.3, -0.25) is 0 Å². The molecule has 2 nitrogen and oxygen atoms in total. The van der Waals surface area contributed by atoms with Crippen LogP contribution in [0, 0.1) is 5.92 Å². The van der Waals surface area contributed by atoms with E-state index in [0.29, 0.717) is 12.0 Å². The molecule has 0 aromatic rings. The molecule has 1 saturated heterocycles. The molecule has 1 aliphatic heterocycles. The lowest BCUT2D eigenvalue weighted by Crippen LogP contribution is -2.30. The topological polar surface area (TPSA) is 35.2 Å². The van der Waals surface area contributed by atoms with E-state index < -0.39 is 0 Å². The highest BCUT2D eigenvalue weighted by Gasteiger charge is 2.45. The Morgan fingerprint density at radius 3 is 2.31 bits per heavy atom. The van der Waals surface area contributed by atoms with Gasteiger partial charge < -0.3 is 10.5 Å². The fourth-order valence-electron chi connectivity index (χ4n) is 3.06. The zero-order chi connectivity index (χ0) is 12.4. The van der Waals surface area contributed by atoms with Crippen LogP contribution in [0.3, 0.4) is 0 Å². The maximum absolute atomic E-state index is 6.10. The van der Waals surface area contributed by atoms with Crippen molar-refractivity contribution < 1.29 is 4.74 Å². The predicted octanol–water partition coefficient (Wildman–Crippen LogP) is 3.49. The predicted molar refractivity (Wildman–Crippen MR) is 69.5 cm³/mol. The lowest BCUT2D eigenvalue weighted by atomic mass is 9.83. The summed E-state index contributed by atoms with van der Waals surface area (Å²) < 4.78 is 6.10. The van der Waals surface area contributed by atoms with Crippen molar-refractivity contribution in [1.29, 1.82) is 0 Å². The fourth-order valence-corrected chi connectivity index (χ4v) is 3.06. The van der Waals surface area contributed by atoms with E-state index in [-0.39, 0.29) is 11.2 Å². The van der Waals surface area contributed by atoms with Gasteiger partial charge >= 0.3 is 0 Å².